The molecule has 2 unspecified atom stereocenters. The predicted octanol–water partition coefficient (Wildman–Crippen LogP) is 2.84. The van der Waals surface area contributed by atoms with Crippen molar-refractivity contribution >= 4 is 29.7 Å². The minimum absolute atomic E-state index is 0. The molecule has 2 rings (SSSR count). The molecule has 1 heterocycles. The smallest absolute Gasteiger partial charge is 0.293 e. The SMILES string of the molecule is CCNCCNC(=O)c1ccc(N2CC(C)CC(C)C2)c([N+](=O)[O-])c1.Cl. The molecule has 2 N–H and O–H groups in total. The molecule has 0 radical (unpaired) electrons. The van der Waals surface area contributed by atoms with E-state index >= 15 is 0 Å². The van der Waals surface area contributed by atoms with Gasteiger partial charge in [-0.1, -0.05) is 20.8 Å². The predicted molar refractivity (Wildman–Crippen MR) is 106 cm³/mol. The number of rotatable bonds is 7. The molecule has 0 aromatic heterocycles. The number of nitrogens with one attached hydrogen (secondary N) is 2. The third-order valence-corrected chi connectivity index (χ3v) is 4.48. The molecule has 1 aromatic rings. The number of nitrogens with zero attached hydrogens (tertiary/aromatic N) is 2. The lowest BCUT2D eigenvalue weighted by atomic mass is 9.91. The Morgan fingerprint density at radius 2 is 1.92 bits per heavy atom. The average molecular weight is 385 g/mol. The quantitative estimate of drug-likeness (QED) is 0.428. The van der Waals surface area contributed by atoms with Crippen LogP contribution in [0.5, 0.6) is 0 Å². The molecule has 7 nitrogen and oxygen atoms in total. The van der Waals surface area contributed by atoms with E-state index in [2.05, 4.69) is 29.4 Å². The van der Waals surface area contributed by atoms with Crippen LogP contribution in [-0.2, 0) is 0 Å². The molecule has 0 saturated carbocycles. The number of carbonyl (C=O) groups excluding carboxylic acids is 1. The largest absolute Gasteiger partial charge is 0.365 e. The Morgan fingerprint density at radius 1 is 1.27 bits per heavy atom. The zero-order chi connectivity index (χ0) is 18.4. The highest BCUT2D eigenvalue weighted by Gasteiger charge is 2.27. The van der Waals surface area contributed by atoms with E-state index in [4.69, 9.17) is 0 Å². The second kappa shape index (κ2) is 10.3. The van der Waals surface area contributed by atoms with Gasteiger partial charge in [0.05, 0.1) is 4.92 Å². The van der Waals surface area contributed by atoms with Crippen LogP contribution in [0.2, 0.25) is 0 Å². The van der Waals surface area contributed by atoms with Gasteiger partial charge in [-0.05, 0) is 36.9 Å². The maximum absolute atomic E-state index is 12.2. The summed E-state index contributed by atoms with van der Waals surface area (Å²) in [5, 5.41) is 17.4. The summed E-state index contributed by atoms with van der Waals surface area (Å²) < 4.78 is 0. The van der Waals surface area contributed by atoms with Crippen molar-refractivity contribution in [2.24, 2.45) is 11.8 Å². The molecule has 0 bridgehead atoms. The maximum Gasteiger partial charge on any atom is 0.293 e. The zero-order valence-corrected chi connectivity index (χ0v) is 16.5. The van der Waals surface area contributed by atoms with Gasteiger partial charge in [0.1, 0.15) is 5.69 Å². The molecule has 1 amide bonds. The van der Waals surface area contributed by atoms with Crippen molar-refractivity contribution in [2.45, 2.75) is 27.2 Å². The van der Waals surface area contributed by atoms with Crippen LogP contribution in [0.25, 0.3) is 0 Å². The normalized spacial score (nSPS) is 19.6. The maximum atomic E-state index is 12.2. The number of halogens is 1. The summed E-state index contributed by atoms with van der Waals surface area (Å²) >= 11 is 0. The first-order chi connectivity index (χ1) is 11.9. The Hall–Kier alpha value is -1.86. The van der Waals surface area contributed by atoms with Gasteiger partial charge in [-0.3, -0.25) is 14.9 Å². The van der Waals surface area contributed by atoms with Crippen molar-refractivity contribution in [3.8, 4) is 0 Å². The number of nitro groups is 1. The third kappa shape index (κ3) is 5.85. The van der Waals surface area contributed by atoms with Crippen LogP contribution < -0.4 is 15.5 Å². The summed E-state index contributed by atoms with van der Waals surface area (Å²) in [7, 11) is 0. The molecule has 1 aromatic carbocycles. The first-order valence-electron chi connectivity index (χ1n) is 8.94. The summed E-state index contributed by atoms with van der Waals surface area (Å²) in [6.07, 6.45) is 1.14. The molecular weight excluding hydrogens is 356 g/mol. The Balaban J connectivity index is 0.00000338. The molecule has 8 heteroatoms. The van der Waals surface area contributed by atoms with Crippen molar-refractivity contribution in [2.75, 3.05) is 37.6 Å². The van der Waals surface area contributed by atoms with Crippen LogP contribution in [-0.4, -0.2) is 43.6 Å². The van der Waals surface area contributed by atoms with Gasteiger partial charge < -0.3 is 15.5 Å². The van der Waals surface area contributed by atoms with E-state index in [0.717, 1.165) is 26.1 Å². The van der Waals surface area contributed by atoms with Gasteiger partial charge in [-0.2, -0.15) is 0 Å². The number of piperidine rings is 1. The molecular formula is C18H29ClN4O3. The number of amides is 1. The summed E-state index contributed by atoms with van der Waals surface area (Å²) in [4.78, 5) is 25.4. The lowest BCUT2D eigenvalue weighted by Crippen LogP contribution is -2.39. The molecule has 0 spiro atoms. The number of hydrogen-bond donors (Lipinski definition) is 2. The summed E-state index contributed by atoms with van der Waals surface area (Å²) in [6.45, 7) is 9.93. The molecule has 1 aliphatic heterocycles. The van der Waals surface area contributed by atoms with Gasteiger partial charge in [0.2, 0.25) is 0 Å². The molecule has 0 aliphatic carbocycles. The van der Waals surface area contributed by atoms with Crippen LogP contribution in [0.1, 0.15) is 37.6 Å². The van der Waals surface area contributed by atoms with E-state index in [-0.39, 0.29) is 24.0 Å². The minimum atomic E-state index is -0.394. The monoisotopic (exact) mass is 384 g/mol. The van der Waals surface area contributed by atoms with E-state index < -0.39 is 4.92 Å². The second-order valence-corrected chi connectivity index (χ2v) is 6.92. The van der Waals surface area contributed by atoms with Crippen molar-refractivity contribution in [3.05, 3.63) is 33.9 Å². The lowest BCUT2D eigenvalue weighted by Gasteiger charge is -2.36. The van der Waals surface area contributed by atoms with Crippen molar-refractivity contribution in [3.63, 3.8) is 0 Å². The summed E-state index contributed by atoms with van der Waals surface area (Å²) in [6, 6.07) is 4.78. The van der Waals surface area contributed by atoms with E-state index in [1.165, 1.54) is 6.07 Å². The number of nitro benzene ring substituents is 1. The Kier molecular flexibility index (Phi) is 8.81. The molecule has 1 aliphatic rings. The van der Waals surface area contributed by atoms with Crippen molar-refractivity contribution < 1.29 is 9.72 Å². The standard InChI is InChI=1S/C18H28N4O3.ClH/c1-4-19-7-8-20-18(23)15-5-6-16(17(10-15)22(24)25)21-11-13(2)9-14(3)12-21;/h5-6,10,13-14,19H,4,7-9,11-12H2,1-3H3,(H,20,23);1H. The Labute approximate surface area is 161 Å². The summed E-state index contributed by atoms with van der Waals surface area (Å²) in [5.41, 5.74) is 0.929. The van der Waals surface area contributed by atoms with E-state index in [1.54, 1.807) is 12.1 Å². The highest BCUT2D eigenvalue weighted by Crippen LogP contribution is 2.33. The Morgan fingerprint density at radius 3 is 2.50 bits per heavy atom. The van der Waals surface area contributed by atoms with Crippen molar-refractivity contribution in [1.82, 2.24) is 10.6 Å². The third-order valence-electron chi connectivity index (χ3n) is 4.48. The summed E-state index contributed by atoms with van der Waals surface area (Å²) in [5.74, 6) is 0.711. The average Bonchev–Trinajstić information content (AvgIpc) is 2.57. The van der Waals surface area contributed by atoms with E-state index in [9.17, 15) is 14.9 Å². The lowest BCUT2D eigenvalue weighted by molar-refractivity contribution is -0.384. The van der Waals surface area contributed by atoms with Crippen LogP contribution in [0, 0.1) is 22.0 Å². The highest BCUT2D eigenvalue weighted by molar-refractivity contribution is 5.95. The van der Waals surface area contributed by atoms with Gasteiger partial charge in [0, 0.05) is 37.8 Å². The fraction of sp³-hybridized carbons (Fsp3) is 0.611. The van der Waals surface area contributed by atoms with Gasteiger partial charge >= 0.3 is 0 Å². The highest BCUT2D eigenvalue weighted by atomic mass is 35.5. The number of anilines is 1. The zero-order valence-electron chi connectivity index (χ0n) is 15.7. The molecule has 26 heavy (non-hydrogen) atoms. The topological polar surface area (TPSA) is 87.5 Å². The molecule has 1 saturated heterocycles. The Bertz CT molecular complexity index is 616. The van der Waals surface area contributed by atoms with E-state index in [1.807, 2.05) is 6.92 Å². The van der Waals surface area contributed by atoms with Gasteiger partial charge in [-0.15, -0.1) is 12.4 Å². The van der Waals surface area contributed by atoms with E-state index in [0.29, 0.717) is 36.2 Å². The number of likely N-dealkylation sites (N-methyl/N-ethyl adjacent to an activating group) is 1. The van der Waals surface area contributed by atoms with Gasteiger partial charge in [0.25, 0.3) is 11.6 Å². The van der Waals surface area contributed by atoms with Crippen LogP contribution >= 0.6 is 12.4 Å². The fourth-order valence-electron chi connectivity index (χ4n) is 3.48. The first kappa shape index (κ1) is 22.2. The minimum Gasteiger partial charge on any atom is -0.365 e. The van der Waals surface area contributed by atoms with Crippen LogP contribution in [0.4, 0.5) is 11.4 Å². The molecule has 1 fully saturated rings. The molecule has 146 valence electrons. The van der Waals surface area contributed by atoms with Gasteiger partial charge in [-0.25, -0.2) is 0 Å². The number of hydrogen-bond acceptors (Lipinski definition) is 5. The second-order valence-electron chi connectivity index (χ2n) is 6.92. The van der Waals surface area contributed by atoms with Crippen molar-refractivity contribution in [1.29, 1.82) is 0 Å². The van der Waals surface area contributed by atoms with Crippen LogP contribution in [0.15, 0.2) is 18.2 Å². The fourth-order valence-corrected chi connectivity index (χ4v) is 3.48. The molecule has 2 atom stereocenters. The first-order valence-corrected chi connectivity index (χ1v) is 8.94. The number of benzene rings is 1. The van der Waals surface area contributed by atoms with Crippen LogP contribution in [0.3, 0.4) is 0 Å². The number of carbonyl (C=O) groups is 1. The van der Waals surface area contributed by atoms with Gasteiger partial charge in [0.15, 0.2) is 0 Å².